The molecule has 0 bridgehead atoms. The van der Waals surface area contributed by atoms with E-state index in [1.807, 2.05) is 6.07 Å². The summed E-state index contributed by atoms with van der Waals surface area (Å²) < 4.78 is 36.2. The number of piperidine rings is 1. The van der Waals surface area contributed by atoms with E-state index in [4.69, 9.17) is 9.47 Å². The fraction of sp³-hybridized carbons (Fsp3) is 0.346. The lowest BCUT2D eigenvalue weighted by atomic mass is 9.95. The maximum Gasteiger partial charge on any atom is 0.327 e. The van der Waals surface area contributed by atoms with Crippen molar-refractivity contribution in [1.29, 1.82) is 0 Å². The first kappa shape index (κ1) is 24.4. The van der Waals surface area contributed by atoms with E-state index in [1.165, 1.54) is 29.7 Å². The topological polar surface area (TPSA) is 72.9 Å². The molecule has 1 aliphatic heterocycles. The summed E-state index contributed by atoms with van der Waals surface area (Å²) in [5, 5.41) is 2.06. The number of thiophene rings is 1. The van der Waals surface area contributed by atoms with Crippen LogP contribution in [0.2, 0.25) is 0 Å². The molecule has 34 heavy (non-hydrogen) atoms. The Morgan fingerprint density at radius 3 is 2.26 bits per heavy atom. The fourth-order valence-corrected chi connectivity index (χ4v) is 7.05. The zero-order valence-electron chi connectivity index (χ0n) is 19.4. The van der Waals surface area contributed by atoms with Gasteiger partial charge in [-0.15, -0.1) is 11.3 Å². The predicted octanol–water partition coefficient (Wildman–Crippen LogP) is 4.80. The first-order valence-electron chi connectivity index (χ1n) is 11.3. The molecule has 0 saturated carbocycles. The monoisotopic (exact) mass is 499 g/mol. The molecular weight excluding hydrogens is 470 g/mol. The number of benzene rings is 2. The summed E-state index contributed by atoms with van der Waals surface area (Å²) in [5.41, 5.74) is 2.34. The molecule has 0 N–H and O–H groups in total. The number of ether oxygens (including phenoxy) is 2. The van der Waals surface area contributed by atoms with Crippen LogP contribution in [0.15, 0.2) is 70.9 Å². The van der Waals surface area contributed by atoms with Gasteiger partial charge in [-0.2, -0.15) is 0 Å². The molecule has 180 valence electrons. The summed E-state index contributed by atoms with van der Waals surface area (Å²) in [5.74, 6) is -0.102. The van der Waals surface area contributed by atoms with E-state index >= 15 is 0 Å². The minimum absolute atomic E-state index is 0.110. The van der Waals surface area contributed by atoms with E-state index in [1.54, 1.807) is 30.4 Å². The SMILES string of the molecule is CCOC(=O)C1(S(=O)(=O)c2ccc(OC)cc2)CCN(Cc2ccc(-c3cccs3)cc2)CC1. The highest BCUT2D eigenvalue weighted by atomic mass is 32.2. The van der Waals surface area contributed by atoms with Crippen LogP contribution in [0.3, 0.4) is 0 Å². The molecule has 1 saturated heterocycles. The van der Waals surface area contributed by atoms with Gasteiger partial charge in [-0.1, -0.05) is 30.3 Å². The smallest absolute Gasteiger partial charge is 0.327 e. The van der Waals surface area contributed by atoms with Gasteiger partial charge < -0.3 is 9.47 Å². The minimum atomic E-state index is -3.95. The zero-order valence-corrected chi connectivity index (χ0v) is 21.0. The van der Waals surface area contributed by atoms with Crippen LogP contribution in [-0.4, -0.2) is 50.8 Å². The molecule has 6 nitrogen and oxygen atoms in total. The maximum atomic E-state index is 13.7. The quantitative estimate of drug-likeness (QED) is 0.415. The number of carbonyl (C=O) groups excluding carboxylic acids is 1. The van der Waals surface area contributed by atoms with Gasteiger partial charge in [-0.25, -0.2) is 8.42 Å². The van der Waals surface area contributed by atoms with Crippen molar-refractivity contribution < 1.29 is 22.7 Å². The second-order valence-electron chi connectivity index (χ2n) is 8.34. The molecule has 0 amide bonds. The van der Waals surface area contributed by atoms with Gasteiger partial charge in [0, 0.05) is 24.5 Å². The van der Waals surface area contributed by atoms with Crippen molar-refractivity contribution >= 4 is 27.1 Å². The molecule has 1 aliphatic rings. The number of likely N-dealkylation sites (tertiary alicyclic amines) is 1. The minimum Gasteiger partial charge on any atom is -0.497 e. The number of hydrogen-bond acceptors (Lipinski definition) is 7. The van der Waals surface area contributed by atoms with Crippen molar-refractivity contribution in [2.75, 3.05) is 26.8 Å². The van der Waals surface area contributed by atoms with Gasteiger partial charge in [-0.05, 0) is 66.6 Å². The van der Waals surface area contributed by atoms with Gasteiger partial charge in [0.2, 0.25) is 0 Å². The van der Waals surface area contributed by atoms with Crippen molar-refractivity contribution in [3.63, 3.8) is 0 Å². The Morgan fingerprint density at radius 2 is 1.71 bits per heavy atom. The van der Waals surface area contributed by atoms with E-state index in [0.29, 0.717) is 25.4 Å². The predicted molar refractivity (Wildman–Crippen MR) is 134 cm³/mol. The van der Waals surface area contributed by atoms with E-state index in [2.05, 4.69) is 40.6 Å². The molecule has 3 aromatic rings. The first-order valence-corrected chi connectivity index (χ1v) is 13.7. The highest BCUT2D eigenvalue weighted by Gasteiger charge is 2.54. The van der Waals surface area contributed by atoms with Crippen LogP contribution in [0.25, 0.3) is 10.4 Å². The van der Waals surface area contributed by atoms with Gasteiger partial charge in [0.15, 0.2) is 14.6 Å². The Labute approximate surface area is 205 Å². The summed E-state index contributed by atoms with van der Waals surface area (Å²) in [6.45, 7) is 3.51. The Balaban J connectivity index is 1.51. The summed E-state index contributed by atoms with van der Waals surface area (Å²) in [7, 11) is -2.43. The molecule has 0 atom stereocenters. The molecule has 1 aromatic heterocycles. The fourth-order valence-electron chi connectivity index (χ4n) is 4.37. The molecule has 1 fully saturated rings. The summed E-state index contributed by atoms with van der Waals surface area (Å²) in [6.07, 6.45) is 0.376. The van der Waals surface area contributed by atoms with Crippen LogP contribution in [0.1, 0.15) is 25.3 Å². The zero-order chi connectivity index (χ0) is 24.2. The molecule has 2 heterocycles. The van der Waals surface area contributed by atoms with Crippen LogP contribution in [0.5, 0.6) is 5.75 Å². The van der Waals surface area contributed by atoms with E-state index in [9.17, 15) is 13.2 Å². The van der Waals surface area contributed by atoms with E-state index in [0.717, 1.165) is 5.56 Å². The van der Waals surface area contributed by atoms with E-state index in [-0.39, 0.29) is 24.3 Å². The standard InChI is InChI=1S/C26H29NO5S2/c1-3-32-25(28)26(34(29,30)23-12-10-22(31-2)11-13-23)14-16-27(17-15-26)19-20-6-8-21(9-7-20)24-5-4-18-33-24/h4-13,18H,3,14-17,19H2,1-2H3. The van der Waals surface area contributed by atoms with Crippen LogP contribution >= 0.6 is 11.3 Å². The average Bonchev–Trinajstić information content (AvgIpc) is 3.40. The van der Waals surface area contributed by atoms with Gasteiger partial charge in [-0.3, -0.25) is 9.69 Å². The first-order chi connectivity index (χ1) is 16.4. The van der Waals surface area contributed by atoms with Crippen LogP contribution in [0.4, 0.5) is 0 Å². The van der Waals surface area contributed by atoms with Gasteiger partial charge >= 0.3 is 5.97 Å². The van der Waals surface area contributed by atoms with Crippen molar-refractivity contribution in [2.24, 2.45) is 0 Å². The largest absolute Gasteiger partial charge is 0.497 e. The Hall–Kier alpha value is -2.68. The molecule has 0 spiro atoms. The number of esters is 1. The van der Waals surface area contributed by atoms with Crippen LogP contribution in [0, 0.1) is 0 Å². The van der Waals surface area contributed by atoms with Crippen molar-refractivity contribution in [3.05, 3.63) is 71.6 Å². The van der Waals surface area contributed by atoms with Crippen molar-refractivity contribution in [3.8, 4) is 16.2 Å². The van der Waals surface area contributed by atoms with Gasteiger partial charge in [0.25, 0.3) is 0 Å². The second-order valence-corrected chi connectivity index (χ2v) is 11.6. The van der Waals surface area contributed by atoms with Crippen molar-refractivity contribution in [1.82, 2.24) is 4.90 Å². The number of rotatable bonds is 8. The lowest BCUT2D eigenvalue weighted by Crippen LogP contribution is -2.54. The highest BCUT2D eigenvalue weighted by Crippen LogP contribution is 2.38. The number of methoxy groups -OCH3 is 1. The molecule has 8 heteroatoms. The molecule has 2 aromatic carbocycles. The number of sulfone groups is 1. The Morgan fingerprint density at radius 1 is 1.03 bits per heavy atom. The third-order valence-electron chi connectivity index (χ3n) is 6.36. The van der Waals surface area contributed by atoms with Gasteiger partial charge in [0.05, 0.1) is 18.6 Å². The molecular formula is C26H29NO5S2. The van der Waals surface area contributed by atoms with E-state index < -0.39 is 20.6 Å². The summed E-state index contributed by atoms with van der Waals surface area (Å²) >= 11 is 1.71. The van der Waals surface area contributed by atoms with Crippen LogP contribution < -0.4 is 4.74 Å². The Bertz CT molecular complexity index is 1200. The number of nitrogens with zero attached hydrogens (tertiary/aromatic N) is 1. The molecule has 0 radical (unpaired) electrons. The van der Waals surface area contributed by atoms with Crippen molar-refractivity contribution in [2.45, 2.75) is 36.0 Å². The van der Waals surface area contributed by atoms with Gasteiger partial charge in [0.1, 0.15) is 5.75 Å². The highest BCUT2D eigenvalue weighted by molar-refractivity contribution is 7.93. The summed E-state index contributed by atoms with van der Waals surface area (Å²) in [6, 6.07) is 18.8. The summed E-state index contributed by atoms with van der Waals surface area (Å²) in [4.78, 5) is 16.6. The van der Waals surface area contributed by atoms with Crippen LogP contribution in [-0.2, 0) is 25.9 Å². The average molecular weight is 500 g/mol. The maximum absolute atomic E-state index is 13.7. The molecule has 4 rings (SSSR count). The lowest BCUT2D eigenvalue weighted by Gasteiger charge is -2.39. The third-order valence-corrected chi connectivity index (χ3v) is 9.78. The lowest BCUT2D eigenvalue weighted by molar-refractivity contribution is -0.147. The molecule has 0 aliphatic carbocycles. The second kappa shape index (κ2) is 10.3. The number of hydrogen-bond donors (Lipinski definition) is 0. The Kier molecular flexibility index (Phi) is 7.40. The normalized spacial score (nSPS) is 16.2. The number of carbonyl (C=O) groups is 1. The third kappa shape index (κ3) is 4.76. The molecule has 0 unspecified atom stereocenters.